The zero-order valence-corrected chi connectivity index (χ0v) is 14.6. The van der Waals surface area contributed by atoms with Gasteiger partial charge in [0.1, 0.15) is 5.60 Å². The normalized spacial score (nSPS) is 26.5. The monoisotopic (exact) mass is 323 g/mol. The quantitative estimate of drug-likeness (QED) is 0.453. The Balaban J connectivity index is 1.87. The van der Waals surface area contributed by atoms with Gasteiger partial charge in [-0.05, 0) is 45.1 Å². The number of carbonyl (C=O) groups excluding carboxylic acids is 1. The summed E-state index contributed by atoms with van der Waals surface area (Å²) in [4.78, 5) is 19.3. The lowest BCUT2D eigenvalue weighted by Crippen LogP contribution is -2.55. The lowest BCUT2D eigenvalue weighted by molar-refractivity contribution is 0.00340. The summed E-state index contributed by atoms with van der Waals surface area (Å²) in [5.41, 5.74) is 8.12. The van der Waals surface area contributed by atoms with E-state index >= 15 is 0 Å². The van der Waals surface area contributed by atoms with Crippen molar-refractivity contribution in [3.63, 3.8) is 0 Å². The fourth-order valence-electron chi connectivity index (χ4n) is 3.59. The molecular weight excluding hydrogens is 294 g/mol. The van der Waals surface area contributed by atoms with Gasteiger partial charge in [-0.15, -0.1) is 0 Å². The van der Waals surface area contributed by atoms with Crippen LogP contribution in [0.15, 0.2) is 5.11 Å². The van der Waals surface area contributed by atoms with Crippen LogP contribution in [0.2, 0.25) is 0 Å². The predicted molar refractivity (Wildman–Crippen MR) is 89.1 cm³/mol. The molecule has 0 aromatic carbocycles. The van der Waals surface area contributed by atoms with Gasteiger partial charge in [-0.2, -0.15) is 0 Å². The number of rotatable bonds is 3. The van der Waals surface area contributed by atoms with Crippen molar-refractivity contribution in [1.29, 1.82) is 0 Å². The predicted octanol–water partition coefficient (Wildman–Crippen LogP) is 3.41. The summed E-state index contributed by atoms with van der Waals surface area (Å²) in [7, 11) is 0. The van der Waals surface area contributed by atoms with Crippen LogP contribution in [0.25, 0.3) is 10.4 Å². The van der Waals surface area contributed by atoms with E-state index in [1.807, 2.05) is 20.8 Å². The van der Waals surface area contributed by atoms with Gasteiger partial charge in [-0.3, -0.25) is 4.90 Å². The second kappa shape index (κ2) is 7.88. The van der Waals surface area contributed by atoms with Crippen molar-refractivity contribution >= 4 is 6.09 Å². The molecule has 1 amide bonds. The highest BCUT2D eigenvalue weighted by Gasteiger charge is 2.33. The van der Waals surface area contributed by atoms with Crippen molar-refractivity contribution in [2.45, 2.75) is 58.1 Å². The molecule has 130 valence electrons. The fourth-order valence-corrected chi connectivity index (χ4v) is 3.59. The van der Waals surface area contributed by atoms with Crippen molar-refractivity contribution in [2.24, 2.45) is 11.0 Å². The highest BCUT2D eigenvalue weighted by Crippen LogP contribution is 2.29. The summed E-state index contributed by atoms with van der Waals surface area (Å²) in [6.07, 6.45) is 4.55. The third kappa shape index (κ3) is 5.29. The molecule has 2 aliphatic rings. The second-order valence-corrected chi connectivity index (χ2v) is 7.53. The molecule has 0 radical (unpaired) electrons. The highest BCUT2D eigenvalue weighted by atomic mass is 16.6. The van der Waals surface area contributed by atoms with Gasteiger partial charge in [-0.25, -0.2) is 4.79 Å². The van der Waals surface area contributed by atoms with Gasteiger partial charge in [0.05, 0.1) is 0 Å². The number of nitrogens with zero attached hydrogens (tertiary/aromatic N) is 5. The Morgan fingerprint density at radius 3 is 2.48 bits per heavy atom. The Labute approximate surface area is 138 Å². The summed E-state index contributed by atoms with van der Waals surface area (Å²) in [6, 6.07) is 0.482. The van der Waals surface area contributed by atoms with E-state index in [-0.39, 0.29) is 6.09 Å². The van der Waals surface area contributed by atoms with Gasteiger partial charge in [0, 0.05) is 43.7 Å². The maximum Gasteiger partial charge on any atom is 0.410 e. The molecule has 0 bridgehead atoms. The number of azide groups is 1. The van der Waals surface area contributed by atoms with Gasteiger partial charge in [0.2, 0.25) is 0 Å². The number of hydrogen-bond donors (Lipinski definition) is 0. The summed E-state index contributed by atoms with van der Waals surface area (Å²) >= 11 is 0. The molecule has 1 saturated carbocycles. The molecule has 7 heteroatoms. The minimum absolute atomic E-state index is 0.216. The third-order valence-electron chi connectivity index (χ3n) is 4.68. The molecule has 23 heavy (non-hydrogen) atoms. The first-order valence-corrected chi connectivity index (χ1v) is 8.63. The molecular formula is C16H29N5O2. The van der Waals surface area contributed by atoms with Crippen molar-refractivity contribution in [3.05, 3.63) is 10.4 Å². The largest absolute Gasteiger partial charge is 0.444 e. The van der Waals surface area contributed by atoms with Gasteiger partial charge < -0.3 is 9.64 Å². The van der Waals surface area contributed by atoms with Crippen molar-refractivity contribution in [1.82, 2.24) is 9.80 Å². The Bertz CT molecular complexity index is 448. The van der Waals surface area contributed by atoms with Crippen LogP contribution in [0.3, 0.4) is 0 Å². The van der Waals surface area contributed by atoms with E-state index in [1.54, 1.807) is 4.90 Å². The highest BCUT2D eigenvalue weighted by molar-refractivity contribution is 5.68. The first-order chi connectivity index (χ1) is 10.9. The van der Waals surface area contributed by atoms with E-state index in [2.05, 4.69) is 14.9 Å². The zero-order chi connectivity index (χ0) is 16.9. The van der Waals surface area contributed by atoms with Gasteiger partial charge in [-0.1, -0.05) is 18.0 Å². The molecule has 2 rings (SSSR count). The molecule has 1 saturated heterocycles. The molecule has 0 spiro atoms. The molecule has 1 heterocycles. The third-order valence-corrected chi connectivity index (χ3v) is 4.68. The van der Waals surface area contributed by atoms with E-state index in [9.17, 15) is 4.79 Å². The van der Waals surface area contributed by atoms with Crippen LogP contribution in [0.5, 0.6) is 0 Å². The van der Waals surface area contributed by atoms with E-state index < -0.39 is 5.60 Å². The Hall–Kier alpha value is -1.46. The minimum Gasteiger partial charge on any atom is -0.444 e. The number of piperazine rings is 1. The zero-order valence-electron chi connectivity index (χ0n) is 14.6. The maximum atomic E-state index is 12.1. The van der Waals surface area contributed by atoms with E-state index in [0.717, 1.165) is 25.9 Å². The smallest absolute Gasteiger partial charge is 0.410 e. The summed E-state index contributed by atoms with van der Waals surface area (Å²) in [5, 5.41) is 3.79. The van der Waals surface area contributed by atoms with E-state index in [0.29, 0.717) is 31.6 Å². The fraction of sp³-hybridized carbons (Fsp3) is 0.938. The summed E-state index contributed by atoms with van der Waals surface area (Å²) < 4.78 is 5.45. The van der Waals surface area contributed by atoms with Crippen LogP contribution < -0.4 is 0 Å². The van der Waals surface area contributed by atoms with E-state index in [4.69, 9.17) is 10.3 Å². The first kappa shape index (κ1) is 17.9. The molecule has 0 aromatic heterocycles. The molecule has 2 fully saturated rings. The summed E-state index contributed by atoms with van der Waals surface area (Å²) in [6.45, 7) is 9.43. The number of carbonyl (C=O) groups is 1. The van der Waals surface area contributed by atoms with Gasteiger partial charge >= 0.3 is 6.09 Å². The average molecular weight is 323 g/mol. The topological polar surface area (TPSA) is 81.5 Å². The van der Waals surface area contributed by atoms with Crippen LogP contribution in [-0.2, 0) is 4.74 Å². The molecule has 0 aromatic rings. The van der Waals surface area contributed by atoms with Crippen molar-refractivity contribution in [3.8, 4) is 0 Å². The van der Waals surface area contributed by atoms with Crippen LogP contribution in [0.4, 0.5) is 4.79 Å². The Kier molecular flexibility index (Phi) is 6.13. The standard InChI is InChI=1S/C16H29N5O2/c1-16(2,3)23-15(22)21-10-8-20(9-11-21)14-7-5-4-6-13(14)12-18-19-17/h13-14H,4-12H2,1-3H3/t13-,14-/m1/s1. The first-order valence-electron chi connectivity index (χ1n) is 8.63. The van der Waals surface area contributed by atoms with Crippen molar-refractivity contribution < 1.29 is 9.53 Å². The number of hydrogen-bond acceptors (Lipinski definition) is 4. The Morgan fingerprint density at radius 2 is 1.87 bits per heavy atom. The van der Waals surface area contributed by atoms with Crippen LogP contribution in [0.1, 0.15) is 46.5 Å². The average Bonchev–Trinajstić information content (AvgIpc) is 2.52. The molecule has 0 N–H and O–H groups in total. The van der Waals surface area contributed by atoms with Gasteiger partial charge in [0.15, 0.2) is 0 Å². The van der Waals surface area contributed by atoms with E-state index in [1.165, 1.54) is 12.8 Å². The maximum absolute atomic E-state index is 12.1. The SMILES string of the molecule is CC(C)(C)OC(=O)N1CCN([C@@H]2CCCC[C@@H]2CN=[N+]=[N-])CC1. The van der Waals surface area contributed by atoms with Crippen LogP contribution in [-0.4, -0.2) is 60.3 Å². The molecule has 1 aliphatic heterocycles. The lowest BCUT2D eigenvalue weighted by atomic mass is 9.83. The number of ether oxygens (including phenoxy) is 1. The molecule has 7 nitrogen and oxygen atoms in total. The molecule has 0 unspecified atom stereocenters. The van der Waals surface area contributed by atoms with Crippen molar-refractivity contribution in [2.75, 3.05) is 32.7 Å². The van der Waals surface area contributed by atoms with Gasteiger partial charge in [0.25, 0.3) is 0 Å². The van der Waals surface area contributed by atoms with Crippen LogP contribution in [0, 0.1) is 5.92 Å². The second-order valence-electron chi connectivity index (χ2n) is 7.53. The lowest BCUT2D eigenvalue weighted by Gasteiger charge is -2.44. The summed E-state index contributed by atoms with van der Waals surface area (Å²) in [5.74, 6) is 0.452. The number of amides is 1. The Morgan fingerprint density at radius 1 is 1.22 bits per heavy atom. The van der Waals surface area contributed by atoms with Crippen LogP contribution >= 0.6 is 0 Å². The molecule has 1 aliphatic carbocycles. The minimum atomic E-state index is -0.446. The molecule has 2 atom stereocenters.